The van der Waals surface area contributed by atoms with Gasteiger partial charge in [0.1, 0.15) is 0 Å². The summed E-state index contributed by atoms with van der Waals surface area (Å²) in [6.07, 6.45) is 0. The van der Waals surface area contributed by atoms with Crippen LogP contribution in [0.25, 0.3) is 4.47 Å². The molecule has 3 heteroatoms. The van der Waals surface area contributed by atoms with Crippen molar-refractivity contribution < 1.29 is 0 Å². The number of benzene rings is 2. The van der Waals surface area contributed by atoms with Gasteiger partial charge in [0.05, 0.1) is 0 Å². The first kappa shape index (κ1) is 11.3. The summed E-state index contributed by atoms with van der Waals surface area (Å²) in [5.74, 6) is 0. The number of nitrogens with zero attached hydrogens (tertiary/aromatic N) is 1. The second-order valence-electron chi connectivity index (χ2n) is 3.95. The quantitative estimate of drug-likeness (QED) is 0.801. The molecule has 18 heavy (non-hydrogen) atoms. The molecule has 0 spiro atoms. The van der Waals surface area contributed by atoms with E-state index in [4.69, 9.17) is 0 Å². The summed E-state index contributed by atoms with van der Waals surface area (Å²) in [4.78, 5) is 4.66. The molecule has 0 fully saturated rings. The summed E-state index contributed by atoms with van der Waals surface area (Å²) in [5.41, 5.74) is 3.26. The number of anilines is 1. The zero-order valence-corrected chi connectivity index (χ0v) is 11.5. The van der Waals surface area contributed by atoms with E-state index >= 15 is 0 Å². The fourth-order valence-electron chi connectivity index (χ4n) is 1.81. The molecule has 0 bridgehead atoms. The van der Waals surface area contributed by atoms with Crippen LogP contribution >= 0.6 is 0 Å². The number of hydrogen-bond acceptors (Lipinski definition) is 2. The molecule has 3 rings (SSSR count). The number of para-hydroxylation sites is 2. The van der Waals surface area contributed by atoms with Crippen LogP contribution in [0.1, 0.15) is 5.56 Å². The Morgan fingerprint density at radius 2 is 1.67 bits per heavy atom. The Morgan fingerprint density at radius 3 is 2.50 bits per heavy atom. The van der Waals surface area contributed by atoms with Crippen molar-refractivity contribution in [2.24, 2.45) is 4.99 Å². The molecule has 0 saturated carbocycles. The molecule has 0 saturated heterocycles. The summed E-state index contributed by atoms with van der Waals surface area (Å²) in [6.45, 7) is 4.15. The molecule has 0 atom stereocenters. The molecule has 2 aromatic rings. The van der Waals surface area contributed by atoms with Crippen LogP contribution in [0.2, 0.25) is 0 Å². The second-order valence-corrected chi connectivity index (χ2v) is 6.22. The number of hydrogen-bond donors (Lipinski definition) is 1. The van der Waals surface area contributed by atoms with Gasteiger partial charge in [0.2, 0.25) is 0 Å². The van der Waals surface area contributed by atoms with Gasteiger partial charge in [-0.05, 0) is 0 Å². The molecule has 1 aliphatic rings. The van der Waals surface area contributed by atoms with Crippen LogP contribution in [0.15, 0.2) is 66.2 Å². The number of rotatable bonds is 1. The molecule has 1 N–H and O–H groups in total. The maximum absolute atomic E-state index is 4.66. The standard InChI is InChI=1S/C15H12N2Se/c1-11-13-9-5-6-10-14(13)17-15(18-11)16-12-7-3-2-4-8-12/h2-10H,1H2,(H,16,17). The van der Waals surface area contributed by atoms with Crippen LogP contribution in [0.4, 0.5) is 11.4 Å². The van der Waals surface area contributed by atoms with Crippen molar-refractivity contribution in [2.75, 3.05) is 5.32 Å². The van der Waals surface area contributed by atoms with Gasteiger partial charge in [-0.15, -0.1) is 0 Å². The Hall–Kier alpha value is -1.83. The summed E-state index contributed by atoms with van der Waals surface area (Å²) < 4.78 is 2.18. The Balaban J connectivity index is 1.92. The maximum atomic E-state index is 4.66. The fraction of sp³-hybridized carbons (Fsp3) is 0. The van der Waals surface area contributed by atoms with Gasteiger partial charge in [-0.1, -0.05) is 0 Å². The van der Waals surface area contributed by atoms with Crippen molar-refractivity contribution in [1.29, 1.82) is 0 Å². The number of fused-ring (bicyclic) bond motifs is 1. The van der Waals surface area contributed by atoms with Gasteiger partial charge in [0, 0.05) is 0 Å². The number of amidine groups is 1. The predicted molar refractivity (Wildman–Crippen MR) is 78.4 cm³/mol. The number of aliphatic imine (C=N–C) groups is 1. The van der Waals surface area contributed by atoms with Gasteiger partial charge in [0.25, 0.3) is 0 Å². The molecule has 0 aromatic heterocycles. The normalized spacial score (nSPS) is 13.8. The molecular weight excluding hydrogens is 287 g/mol. The zero-order chi connectivity index (χ0) is 12.4. The van der Waals surface area contributed by atoms with Crippen LogP contribution in [0, 0.1) is 0 Å². The summed E-state index contributed by atoms with van der Waals surface area (Å²) in [7, 11) is 0. The van der Waals surface area contributed by atoms with Crippen LogP contribution in [-0.4, -0.2) is 19.7 Å². The monoisotopic (exact) mass is 300 g/mol. The molecule has 1 aliphatic heterocycles. The van der Waals surface area contributed by atoms with Gasteiger partial charge in [-0.25, -0.2) is 0 Å². The SMILES string of the molecule is C=C1[Se]C(Nc2ccccc2)=Nc2ccccc21. The predicted octanol–water partition coefficient (Wildman–Crippen LogP) is 3.47. The van der Waals surface area contributed by atoms with E-state index in [1.807, 2.05) is 48.5 Å². The Bertz CT molecular complexity index is 617. The molecule has 88 valence electrons. The van der Waals surface area contributed by atoms with Crippen LogP contribution in [-0.2, 0) is 0 Å². The van der Waals surface area contributed by atoms with Gasteiger partial charge in [-0.2, -0.15) is 0 Å². The first-order valence-electron chi connectivity index (χ1n) is 5.70. The van der Waals surface area contributed by atoms with Crippen molar-refractivity contribution in [1.82, 2.24) is 0 Å². The minimum absolute atomic E-state index is 0.171. The minimum atomic E-state index is 0.171. The van der Waals surface area contributed by atoms with Gasteiger partial charge in [-0.3, -0.25) is 0 Å². The van der Waals surface area contributed by atoms with Crippen LogP contribution in [0.3, 0.4) is 0 Å². The molecule has 1 heterocycles. The van der Waals surface area contributed by atoms with Crippen molar-refractivity contribution >= 4 is 35.5 Å². The first-order valence-corrected chi connectivity index (χ1v) is 7.41. The molecule has 0 aliphatic carbocycles. The third-order valence-electron chi connectivity index (χ3n) is 2.67. The van der Waals surface area contributed by atoms with E-state index in [0.29, 0.717) is 0 Å². The summed E-state index contributed by atoms with van der Waals surface area (Å²) in [6, 6.07) is 18.3. The molecule has 2 nitrogen and oxygen atoms in total. The van der Waals surface area contributed by atoms with E-state index in [1.165, 1.54) is 10.0 Å². The van der Waals surface area contributed by atoms with Gasteiger partial charge in [0.15, 0.2) is 0 Å². The zero-order valence-electron chi connectivity index (χ0n) is 9.76. The van der Waals surface area contributed by atoms with E-state index in [0.717, 1.165) is 16.1 Å². The Labute approximate surface area is 113 Å². The molecule has 2 aromatic carbocycles. The fourth-order valence-corrected chi connectivity index (χ4v) is 3.55. The van der Waals surface area contributed by atoms with Crippen molar-refractivity contribution in [3.05, 3.63) is 66.7 Å². The molecule has 0 amide bonds. The Kier molecular flexibility index (Phi) is 3.01. The van der Waals surface area contributed by atoms with Crippen LogP contribution < -0.4 is 5.32 Å². The van der Waals surface area contributed by atoms with Crippen molar-refractivity contribution in [2.45, 2.75) is 0 Å². The Morgan fingerprint density at radius 1 is 0.944 bits per heavy atom. The van der Waals surface area contributed by atoms with Crippen LogP contribution in [0.5, 0.6) is 0 Å². The first-order chi connectivity index (χ1) is 8.83. The molecule has 0 radical (unpaired) electrons. The van der Waals surface area contributed by atoms with E-state index in [1.54, 1.807) is 0 Å². The second kappa shape index (κ2) is 4.81. The van der Waals surface area contributed by atoms with Gasteiger partial charge >= 0.3 is 113 Å². The molecular formula is C15H12N2Se. The topological polar surface area (TPSA) is 24.4 Å². The van der Waals surface area contributed by atoms with Crippen molar-refractivity contribution in [3.63, 3.8) is 0 Å². The van der Waals surface area contributed by atoms with E-state index < -0.39 is 0 Å². The third kappa shape index (κ3) is 2.23. The van der Waals surface area contributed by atoms with Gasteiger partial charge < -0.3 is 0 Å². The van der Waals surface area contributed by atoms with E-state index in [2.05, 4.69) is 23.0 Å². The third-order valence-corrected chi connectivity index (χ3v) is 4.46. The number of nitrogens with one attached hydrogen (secondary N) is 1. The molecule has 0 unspecified atom stereocenters. The average molecular weight is 299 g/mol. The van der Waals surface area contributed by atoms with E-state index in [-0.39, 0.29) is 15.0 Å². The van der Waals surface area contributed by atoms with Crippen molar-refractivity contribution in [3.8, 4) is 0 Å². The summed E-state index contributed by atoms with van der Waals surface area (Å²) in [5, 5.41) is 3.37. The summed E-state index contributed by atoms with van der Waals surface area (Å²) >= 11 is 0.171. The average Bonchev–Trinajstić information content (AvgIpc) is 2.40. The van der Waals surface area contributed by atoms with E-state index in [9.17, 15) is 0 Å².